The zero-order chi connectivity index (χ0) is 15.2. The molecular weight excluding hydrogens is 277 g/mol. The molecule has 0 radical (unpaired) electrons. The molecule has 6 heteroatoms. The zero-order valence-electron chi connectivity index (χ0n) is 12.0. The summed E-state index contributed by atoms with van der Waals surface area (Å²) in [6, 6.07) is 6.24. The molecule has 0 bridgehead atoms. The lowest BCUT2D eigenvalue weighted by Crippen LogP contribution is -2.37. The van der Waals surface area contributed by atoms with Crippen LogP contribution in [0.2, 0.25) is 0 Å². The Bertz CT molecular complexity index is 465. The van der Waals surface area contributed by atoms with Gasteiger partial charge in [0.25, 0.3) is 5.91 Å². The van der Waals surface area contributed by atoms with E-state index in [1.54, 1.807) is 31.4 Å². The number of rotatable bonds is 6. The third-order valence-corrected chi connectivity index (χ3v) is 3.49. The van der Waals surface area contributed by atoms with E-state index in [2.05, 4.69) is 0 Å². The highest BCUT2D eigenvalue weighted by Crippen LogP contribution is 2.23. The number of hydrogen-bond donors (Lipinski definition) is 1. The number of carbonyl (C=O) groups is 1. The zero-order valence-corrected chi connectivity index (χ0v) is 12.0. The molecule has 1 aromatic carbocycles. The Morgan fingerprint density at radius 1 is 1.38 bits per heavy atom. The van der Waals surface area contributed by atoms with Gasteiger partial charge in [-0.25, -0.2) is 4.39 Å². The van der Waals surface area contributed by atoms with Gasteiger partial charge in [-0.15, -0.1) is 0 Å². The number of likely N-dealkylation sites (tertiary alicyclic amines) is 1. The van der Waals surface area contributed by atoms with E-state index in [0.29, 0.717) is 24.5 Å². The number of amides is 1. The van der Waals surface area contributed by atoms with Crippen LogP contribution in [0.1, 0.15) is 16.8 Å². The van der Waals surface area contributed by atoms with Gasteiger partial charge in [-0.05, 0) is 24.3 Å². The smallest absolute Gasteiger partial charge is 0.254 e. The molecule has 0 aliphatic carbocycles. The van der Waals surface area contributed by atoms with E-state index in [4.69, 9.17) is 9.47 Å². The standard InChI is InChI=1S/C15H20FNO4/c1-20-6-7-21-14-4-2-11(3-5-14)15(19)17-9-12(16)8-13(17)10-18/h2-5,12-13,18H,6-10H2,1H3/t12-,13-/m0/s1. The van der Waals surface area contributed by atoms with Crippen molar-refractivity contribution in [3.63, 3.8) is 0 Å². The fourth-order valence-corrected chi connectivity index (χ4v) is 2.38. The van der Waals surface area contributed by atoms with Crippen molar-refractivity contribution >= 4 is 5.91 Å². The summed E-state index contributed by atoms with van der Waals surface area (Å²) in [5, 5.41) is 9.22. The predicted molar refractivity (Wildman–Crippen MR) is 75.2 cm³/mol. The van der Waals surface area contributed by atoms with E-state index in [1.807, 2.05) is 0 Å². The van der Waals surface area contributed by atoms with Crippen molar-refractivity contribution in [1.29, 1.82) is 0 Å². The Labute approximate surface area is 123 Å². The average Bonchev–Trinajstić information content (AvgIpc) is 2.88. The Morgan fingerprint density at radius 3 is 2.71 bits per heavy atom. The largest absolute Gasteiger partial charge is 0.491 e. The highest BCUT2D eigenvalue weighted by molar-refractivity contribution is 5.94. The van der Waals surface area contributed by atoms with Crippen LogP contribution in [0, 0.1) is 0 Å². The molecule has 1 aromatic rings. The molecule has 1 amide bonds. The molecule has 21 heavy (non-hydrogen) atoms. The van der Waals surface area contributed by atoms with Gasteiger partial charge in [0.2, 0.25) is 0 Å². The number of halogens is 1. The number of nitrogens with zero attached hydrogens (tertiary/aromatic N) is 1. The summed E-state index contributed by atoms with van der Waals surface area (Å²) >= 11 is 0. The summed E-state index contributed by atoms with van der Waals surface area (Å²) in [5.41, 5.74) is 0.460. The molecule has 0 unspecified atom stereocenters. The molecule has 1 aliphatic heterocycles. The molecule has 1 saturated heterocycles. The molecule has 2 atom stereocenters. The van der Waals surface area contributed by atoms with Gasteiger partial charge in [0, 0.05) is 19.1 Å². The quantitative estimate of drug-likeness (QED) is 0.803. The van der Waals surface area contributed by atoms with Crippen LogP contribution in [0.4, 0.5) is 4.39 Å². The van der Waals surface area contributed by atoms with Crippen LogP contribution in [-0.4, -0.2) is 61.6 Å². The first-order valence-corrected chi connectivity index (χ1v) is 6.93. The second-order valence-electron chi connectivity index (χ2n) is 4.99. The number of carbonyl (C=O) groups excluding carboxylic acids is 1. The van der Waals surface area contributed by atoms with Gasteiger partial charge in [0.1, 0.15) is 18.5 Å². The lowest BCUT2D eigenvalue weighted by atomic mass is 10.1. The van der Waals surface area contributed by atoms with Crippen molar-refractivity contribution < 1.29 is 23.8 Å². The molecule has 2 rings (SSSR count). The van der Waals surface area contributed by atoms with Crippen LogP contribution in [-0.2, 0) is 4.74 Å². The summed E-state index contributed by atoms with van der Waals surface area (Å²) in [6.07, 6.45) is -0.872. The number of benzene rings is 1. The SMILES string of the molecule is COCCOc1ccc(C(=O)N2C[C@@H](F)C[C@H]2CO)cc1. The summed E-state index contributed by atoms with van der Waals surface area (Å²) in [4.78, 5) is 13.7. The average molecular weight is 297 g/mol. The van der Waals surface area contributed by atoms with Gasteiger partial charge < -0.3 is 19.5 Å². The minimum atomic E-state index is -1.07. The third-order valence-electron chi connectivity index (χ3n) is 3.49. The Kier molecular flexibility index (Phi) is 5.52. The highest BCUT2D eigenvalue weighted by atomic mass is 19.1. The molecule has 0 saturated carbocycles. The summed E-state index contributed by atoms with van der Waals surface area (Å²) in [5.74, 6) is 0.379. The van der Waals surface area contributed by atoms with Crippen LogP contribution < -0.4 is 4.74 Å². The molecular formula is C15H20FNO4. The van der Waals surface area contributed by atoms with Gasteiger partial charge in [-0.1, -0.05) is 0 Å². The van der Waals surface area contributed by atoms with Gasteiger partial charge in [0.15, 0.2) is 0 Å². The van der Waals surface area contributed by atoms with Crippen molar-refractivity contribution in [1.82, 2.24) is 4.90 Å². The second kappa shape index (κ2) is 7.38. The van der Waals surface area contributed by atoms with Crippen molar-refractivity contribution in [2.45, 2.75) is 18.6 Å². The number of hydrogen-bond acceptors (Lipinski definition) is 4. The first kappa shape index (κ1) is 15.7. The van der Waals surface area contributed by atoms with Crippen LogP contribution in [0.25, 0.3) is 0 Å². The predicted octanol–water partition coefficient (Wildman–Crippen LogP) is 1.26. The van der Waals surface area contributed by atoms with E-state index in [9.17, 15) is 14.3 Å². The maximum absolute atomic E-state index is 13.4. The maximum Gasteiger partial charge on any atom is 0.254 e. The molecule has 5 nitrogen and oxygen atoms in total. The number of aliphatic hydroxyl groups is 1. The van der Waals surface area contributed by atoms with Crippen molar-refractivity contribution in [3.8, 4) is 5.75 Å². The minimum absolute atomic E-state index is 0.0378. The van der Waals surface area contributed by atoms with Crippen LogP contribution in [0.15, 0.2) is 24.3 Å². The fraction of sp³-hybridized carbons (Fsp3) is 0.533. The molecule has 1 heterocycles. The van der Waals surface area contributed by atoms with E-state index in [0.717, 1.165) is 0 Å². The summed E-state index contributed by atoms with van der Waals surface area (Å²) in [6.45, 7) is 0.747. The van der Waals surface area contributed by atoms with Gasteiger partial charge >= 0.3 is 0 Å². The first-order valence-electron chi connectivity index (χ1n) is 6.93. The monoisotopic (exact) mass is 297 g/mol. The molecule has 1 fully saturated rings. The summed E-state index contributed by atoms with van der Waals surface area (Å²) < 4.78 is 23.7. The Balaban J connectivity index is 1.99. The van der Waals surface area contributed by atoms with E-state index < -0.39 is 12.2 Å². The van der Waals surface area contributed by atoms with Crippen molar-refractivity contribution in [2.75, 3.05) is 33.5 Å². The van der Waals surface area contributed by atoms with Crippen molar-refractivity contribution in [2.24, 2.45) is 0 Å². The van der Waals surface area contributed by atoms with Crippen molar-refractivity contribution in [3.05, 3.63) is 29.8 Å². The number of alkyl halides is 1. The molecule has 1 aliphatic rings. The minimum Gasteiger partial charge on any atom is -0.491 e. The highest BCUT2D eigenvalue weighted by Gasteiger charge is 2.35. The fourth-order valence-electron chi connectivity index (χ4n) is 2.38. The Morgan fingerprint density at radius 2 is 2.10 bits per heavy atom. The molecule has 1 N–H and O–H groups in total. The van der Waals surface area contributed by atoms with Gasteiger partial charge in [0.05, 0.1) is 25.8 Å². The summed E-state index contributed by atoms with van der Waals surface area (Å²) in [7, 11) is 1.59. The van der Waals surface area contributed by atoms with E-state index in [-0.39, 0.29) is 25.5 Å². The number of ether oxygens (including phenoxy) is 2. The van der Waals surface area contributed by atoms with Crippen LogP contribution >= 0.6 is 0 Å². The van der Waals surface area contributed by atoms with Crippen LogP contribution in [0.3, 0.4) is 0 Å². The molecule has 0 spiro atoms. The second-order valence-corrected chi connectivity index (χ2v) is 4.99. The lowest BCUT2D eigenvalue weighted by molar-refractivity contribution is 0.0673. The topological polar surface area (TPSA) is 59.0 Å². The van der Waals surface area contributed by atoms with E-state index in [1.165, 1.54) is 4.90 Å². The lowest BCUT2D eigenvalue weighted by Gasteiger charge is -2.22. The molecule has 116 valence electrons. The molecule has 0 aromatic heterocycles. The number of methoxy groups -OCH3 is 1. The van der Waals surface area contributed by atoms with Gasteiger partial charge in [-0.3, -0.25) is 4.79 Å². The van der Waals surface area contributed by atoms with Gasteiger partial charge in [-0.2, -0.15) is 0 Å². The first-order chi connectivity index (χ1) is 10.2. The Hall–Kier alpha value is -1.66. The normalized spacial score (nSPS) is 21.6. The van der Waals surface area contributed by atoms with Crippen LogP contribution in [0.5, 0.6) is 5.75 Å². The van der Waals surface area contributed by atoms with E-state index >= 15 is 0 Å². The number of aliphatic hydroxyl groups excluding tert-OH is 1. The third kappa shape index (κ3) is 3.92. The maximum atomic E-state index is 13.4.